The fraction of sp³-hybridized carbons (Fsp3) is 0.125. The number of amidine groups is 1. The minimum atomic E-state index is -0.503. The number of pyridine rings is 1. The van der Waals surface area contributed by atoms with Gasteiger partial charge in [0.05, 0.1) is 0 Å². The third-order valence-corrected chi connectivity index (χ3v) is 1.38. The van der Waals surface area contributed by atoms with Crippen molar-refractivity contribution in [3.63, 3.8) is 0 Å². The molecule has 0 unspecified atom stereocenters. The average Bonchev–Trinajstić information content (AvgIpc) is 2.15. The van der Waals surface area contributed by atoms with Crippen LogP contribution in [0, 0.1) is 0 Å². The van der Waals surface area contributed by atoms with Crippen LogP contribution in [0.3, 0.4) is 0 Å². The van der Waals surface area contributed by atoms with Crippen LogP contribution in [0.25, 0.3) is 0 Å². The number of carbonyl (C=O) groups excluding carboxylic acids is 1. The lowest BCUT2D eigenvalue weighted by Gasteiger charge is -1.98. The normalized spacial score (nSPS) is 11.2. The molecule has 5 nitrogen and oxygen atoms in total. The Hall–Kier alpha value is -1.91. The van der Waals surface area contributed by atoms with Crippen molar-refractivity contribution >= 4 is 11.7 Å². The standard InChI is InChI=1S/C8H10N4O/c9-7(13)5-12-8(10)6-1-3-11-4-2-6/h1-4H,5H2,(H2,9,13)(H2,10,12). The number of nitrogens with zero attached hydrogens (tertiary/aromatic N) is 2. The predicted octanol–water partition coefficient (Wildman–Crippen LogP) is -0.728. The molecule has 0 atom stereocenters. The molecule has 0 bridgehead atoms. The van der Waals surface area contributed by atoms with E-state index >= 15 is 0 Å². The second-order valence-corrected chi connectivity index (χ2v) is 2.40. The summed E-state index contributed by atoms with van der Waals surface area (Å²) in [6.45, 7) is -0.0891. The Balaban J connectivity index is 2.73. The first kappa shape index (κ1) is 9.18. The maximum absolute atomic E-state index is 10.4. The lowest BCUT2D eigenvalue weighted by atomic mass is 10.2. The number of amides is 1. The van der Waals surface area contributed by atoms with E-state index in [0.29, 0.717) is 5.84 Å². The smallest absolute Gasteiger partial charge is 0.239 e. The van der Waals surface area contributed by atoms with E-state index in [2.05, 4.69) is 9.98 Å². The maximum Gasteiger partial charge on any atom is 0.239 e. The molecule has 1 amide bonds. The molecule has 68 valence electrons. The van der Waals surface area contributed by atoms with Crippen molar-refractivity contribution in [3.8, 4) is 0 Å². The van der Waals surface area contributed by atoms with Crippen LogP contribution in [0.5, 0.6) is 0 Å². The fourth-order valence-electron chi connectivity index (χ4n) is 0.777. The van der Waals surface area contributed by atoms with E-state index in [-0.39, 0.29) is 6.54 Å². The number of aromatic nitrogens is 1. The Morgan fingerprint density at radius 2 is 2.00 bits per heavy atom. The van der Waals surface area contributed by atoms with Gasteiger partial charge in [-0.25, -0.2) is 0 Å². The van der Waals surface area contributed by atoms with Crippen LogP contribution >= 0.6 is 0 Å². The molecule has 0 aliphatic rings. The first-order valence-electron chi connectivity index (χ1n) is 3.69. The quantitative estimate of drug-likeness (QED) is 0.472. The fourth-order valence-corrected chi connectivity index (χ4v) is 0.777. The summed E-state index contributed by atoms with van der Waals surface area (Å²) in [7, 11) is 0. The zero-order chi connectivity index (χ0) is 9.68. The summed E-state index contributed by atoms with van der Waals surface area (Å²) >= 11 is 0. The van der Waals surface area contributed by atoms with Crippen LogP contribution < -0.4 is 11.5 Å². The molecular weight excluding hydrogens is 168 g/mol. The summed E-state index contributed by atoms with van der Waals surface area (Å²) in [6.07, 6.45) is 3.20. The third-order valence-electron chi connectivity index (χ3n) is 1.38. The molecule has 0 aliphatic carbocycles. The molecule has 0 radical (unpaired) electrons. The second kappa shape index (κ2) is 4.20. The SMILES string of the molecule is NC(=O)CN=C(N)c1ccncc1. The molecule has 1 aromatic heterocycles. The lowest BCUT2D eigenvalue weighted by molar-refractivity contribution is -0.116. The lowest BCUT2D eigenvalue weighted by Crippen LogP contribution is -2.19. The van der Waals surface area contributed by atoms with E-state index in [9.17, 15) is 4.79 Å². The van der Waals surface area contributed by atoms with Crippen molar-refractivity contribution in [2.45, 2.75) is 0 Å². The van der Waals surface area contributed by atoms with Gasteiger partial charge in [0.2, 0.25) is 5.91 Å². The van der Waals surface area contributed by atoms with Gasteiger partial charge >= 0.3 is 0 Å². The first-order valence-corrected chi connectivity index (χ1v) is 3.69. The summed E-state index contributed by atoms with van der Waals surface area (Å²) in [5.74, 6) is -0.210. The zero-order valence-electron chi connectivity index (χ0n) is 6.97. The van der Waals surface area contributed by atoms with Gasteiger partial charge in [0, 0.05) is 18.0 Å². The van der Waals surface area contributed by atoms with Crippen molar-refractivity contribution in [1.82, 2.24) is 4.98 Å². The van der Waals surface area contributed by atoms with Gasteiger partial charge in [0.1, 0.15) is 12.4 Å². The number of rotatable bonds is 3. The molecule has 0 saturated carbocycles. The Kier molecular flexibility index (Phi) is 2.97. The largest absolute Gasteiger partial charge is 0.383 e. The average molecular weight is 178 g/mol. The van der Waals surface area contributed by atoms with E-state index in [1.54, 1.807) is 24.5 Å². The van der Waals surface area contributed by atoms with Crippen molar-refractivity contribution in [3.05, 3.63) is 30.1 Å². The first-order chi connectivity index (χ1) is 6.20. The molecule has 0 saturated heterocycles. The highest BCUT2D eigenvalue weighted by Gasteiger charge is 1.97. The number of nitrogens with two attached hydrogens (primary N) is 2. The van der Waals surface area contributed by atoms with Gasteiger partial charge in [-0.05, 0) is 12.1 Å². The summed E-state index contributed by atoms with van der Waals surface area (Å²) < 4.78 is 0. The number of primary amides is 1. The second-order valence-electron chi connectivity index (χ2n) is 2.40. The highest BCUT2D eigenvalue weighted by Crippen LogP contribution is 1.94. The van der Waals surface area contributed by atoms with Crippen LogP contribution in [0.2, 0.25) is 0 Å². The summed E-state index contributed by atoms with van der Waals surface area (Å²) in [5.41, 5.74) is 11.2. The molecule has 0 fully saturated rings. The van der Waals surface area contributed by atoms with Crippen molar-refractivity contribution < 1.29 is 4.79 Å². The van der Waals surface area contributed by atoms with Gasteiger partial charge < -0.3 is 11.5 Å². The Bertz CT molecular complexity index is 320. The maximum atomic E-state index is 10.4. The van der Waals surface area contributed by atoms with E-state index in [1.807, 2.05) is 0 Å². The van der Waals surface area contributed by atoms with E-state index in [4.69, 9.17) is 11.5 Å². The minimum absolute atomic E-state index is 0.0891. The van der Waals surface area contributed by atoms with E-state index in [0.717, 1.165) is 5.56 Å². The molecule has 1 rings (SSSR count). The van der Waals surface area contributed by atoms with E-state index < -0.39 is 5.91 Å². The number of carbonyl (C=O) groups is 1. The molecule has 1 heterocycles. The molecule has 0 aromatic carbocycles. The molecular formula is C8H10N4O. The minimum Gasteiger partial charge on any atom is -0.383 e. The Labute approximate surface area is 75.5 Å². The van der Waals surface area contributed by atoms with E-state index in [1.165, 1.54) is 0 Å². The summed E-state index contributed by atoms with van der Waals surface area (Å²) in [5, 5.41) is 0. The number of hydrogen-bond acceptors (Lipinski definition) is 3. The zero-order valence-corrected chi connectivity index (χ0v) is 6.97. The third kappa shape index (κ3) is 2.90. The number of aliphatic imine (C=N–C) groups is 1. The molecule has 5 heteroatoms. The van der Waals surface area contributed by atoms with Gasteiger partial charge in [-0.1, -0.05) is 0 Å². The van der Waals surface area contributed by atoms with Crippen molar-refractivity contribution in [2.24, 2.45) is 16.5 Å². The van der Waals surface area contributed by atoms with Crippen molar-refractivity contribution in [1.29, 1.82) is 0 Å². The Morgan fingerprint density at radius 3 is 2.54 bits per heavy atom. The van der Waals surface area contributed by atoms with Crippen LogP contribution in [-0.2, 0) is 4.79 Å². The van der Waals surface area contributed by atoms with Gasteiger partial charge in [0.25, 0.3) is 0 Å². The molecule has 4 N–H and O–H groups in total. The highest BCUT2D eigenvalue weighted by molar-refractivity contribution is 5.98. The van der Waals surface area contributed by atoms with Crippen LogP contribution in [-0.4, -0.2) is 23.3 Å². The molecule has 0 aliphatic heterocycles. The van der Waals surface area contributed by atoms with Gasteiger partial charge in [-0.15, -0.1) is 0 Å². The van der Waals surface area contributed by atoms with Gasteiger partial charge in [-0.2, -0.15) is 0 Å². The highest BCUT2D eigenvalue weighted by atomic mass is 16.1. The monoisotopic (exact) mass is 178 g/mol. The van der Waals surface area contributed by atoms with Crippen LogP contribution in [0.4, 0.5) is 0 Å². The van der Waals surface area contributed by atoms with Crippen molar-refractivity contribution in [2.75, 3.05) is 6.54 Å². The summed E-state index contributed by atoms with van der Waals surface area (Å²) in [6, 6.07) is 3.42. The molecule has 0 spiro atoms. The molecule has 13 heavy (non-hydrogen) atoms. The van der Waals surface area contributed by atoms with Crippen LogP contribution in [0.1, 0.15) is 5.56 Å². The van der Waals surface area contributed by atoms with Gasteiger partial charge in [0.15, 0.2) is 0 Å². The Morgan fingerprint density at radius 1 is 1.38 bits per heavy atom. The topological polar surface area (TPSA) is 94.4 Å². The summed E-state index contributed by atoms with van der Waals surface area (Å²) in [4.78, 5) is 18.0. The van der Waals surface area contributed by atoms with Gasteiger partial charge in [-0.3, -0.25) is 14.8 Å². The van der Waals surface area contributed by atoms with Crippen LogP contribution in [0.15, 0.2) is 29.5 Å². The predicted molar refractivity (Wildman–Crippen MR) is 49.0 cm³/mol. The number of hydrogen-bond donors (Lipinski definition) is 2. The molecule has 1 aromatic rings.